The van der Waals surface area contributed by atoms with E-state index in [4.69, 9.17) is 11.2 Å². The monoisotopic (exact) mass is 588 g/mol. The zero-order valence-electron chi connectivity index (χ0n) is 23.5. The van der Waals surface area contributed by atoms with Gasteiger partial charge in [0.1, 0.15) is 35.7 Å². The minimum atomic E-state index is -0.929. The molecule has 3 aromatic carbocycles. The number of terminal acetylenes is 1. The fourth-order valence-corrected chi connectivity index (χ4v) is 7.21. The van der Waals surface area contributed by atoms with Crippen molar-refractivity contribution in [3.63, 3.8) is 0 Å². The maximum Gasteiger partial charge on any atom is 0.319 e. The van der Waals surface area contributed by atoms with E-state index in [0.29, 0.717) is 54.5 Å². The van der Waals surface area contributed by atoms with E-state index in [1.165, 1.54) is 24.3 Å². The number of aromatic hydroxyl groups is 1. The summed E-state index contributed by atoms with van der Waals surface area (Å²) in [6.45, 7) is 2.27. The van der Waals surface area contributed by atoms with Gasteiger partial charge in [0.15, 0.2) is 5.82 Å². The number of anilines is 1. The van der Waals surface area contributed by atoms with Gasteiger partial charge in [0.2, 0.25) is 0 Å². The summed E-state index contributed by atoms with van der Waals surface area (Å²) in [5.41, 5.74) is -0.219. The number of benzene rings is 3. The number of phenols is 1. The third-order valence-corrected chi connectivity index (χ3v) is 9.18. The molecule has 3 saturated heterocycles. The molecule has 4 aromatic rings. The van der Waals surface area contributed by atoms with Crippen molar-refractivity contribution in [2.75, 3.05) is 37.7 Å². The first-order valence-electron chi connectivity index (χ1n) is 14.6. The number of hydrogen-bond donors (Lipinski definition) is 2. The summed E-state index contributed by atoms with van der Waals surface area (Å²) in [6.07, 6.45) is 7.66. The van der Waals surface area contributed by atoms with Gasteiger partial charge in [-0.05, 0) is 67.4 Å². The molecular formula is C33H31F3N4O3. The summed E-state index contributed by atoms with van der Waals surface area (Å²) in [7, 11) is 0. The van der Waals surface area contributed by atoms with E-state index in [1.54, 1.807) is 12.1 Å². The second-order valence-corrected chi connectivity index (χ2v) is 11.9. The van der Waals surface area contributed by atoms with Gasteiger partial charge in [-0.25, -0.2) is 13.2 Å². The molecule has 10 heteroatoms. The van der Waals surface area contributed by atoms with Crippen molar-refractivity contribution in [2.45, 2.75) is 49.9 Å². The highest BCUT2D eigenvalue weighted by Crippen LogP contribution is 2.42. The van der Waals surface area contributed by atoms with E-state index in [1.807, 2.05) is 4.90 Å². The molecule has 0 radical (unpaired) electrons. The molecule has 0 amide bonds. The van der Waals surface area contributed by atoms with Gasteiger partial charge in [0.05, 0.1) is 17.2 Å². The van der Waals surface area contributed by atoms with Crippen LogP contribution in [-0.4, -0.2) is 75.7 Å². The highest BCUT2D eigenvalue weighted by atomic mass is 19.1. The number of aliphatic hydroxyl groups excluding tert-OH is 1. The number of aliphatic hydroxyl groups is 1. The molecule has 0 aliphatic carbocycles. The molecule has 2 N–H and O–H groups in total. The van der Waals surface area contributed by atoms with Crippen LogP contribution in [0.2, 0.25) is 0 Å². The average molecular weight is 589 g/mol. The number of halogens is 3. The molecule has 4 heterocycles. The highest BCUT2D eigenvalue weighted by Gasteiger charge is 2.49. The number of β-amino-alcohol motifs (C(OH)–C–C–N with tert-alkyl or cyclic N) is 1. The molecule has 3 aliphatic heterocycles. The number of rotatable bonds is 5. The molecule has 3 fully saturated rings. The zero-order valence-corrected chi connectivity index (χ0v) is 23.5. The summed E-state index contributed by atoms with van der Waals surface area (Å²) >= 11 is 0. The molecule has 43 heavy (non-hydrogen) atoms. The summed E-state index contributed by atoms with van der Waals surface area (Å²) in [5, 5.41) is 22.1. The van der Waals surface area contributed by atoms with Crippen molar-refractivity contribution < 1.29 is 28.1 Å². The lowest BCUT2D eigenvalue weighted by Gasteiger charge is -2.33. The largest absolute Gasteiger partial charge is 0.508 e. The minimum absolute atomic E-state index is 0.0247. The molecule has 7 rings (SSSR count). The molecule has 1 unspecified atom stereocenters. The Morgan fingerprint density at radius 3 is 2.74 bits per heavy atom. The van der Waals surface area contributed by atoms with Crippen LogP contribution in [-0.2, 0) is 0 Å². The zero-order chi connectivity index (χ0) is 29.9. The van der Waals surface area contributed by atoms with Crippen molar-refractivity contribution in [3.8, 4) is 35.2 Å². The normalized spacial score (nSPS) is 24.0. The number of nitrogens with zero attached hydrogens (tertiary/aromatic N) is 4. The molecule has 3 aliphatic rings. The SMILES string of the molecule is C#Cc1c(F)ccc2cc(O)cc(-c3ccc4c(N5CCCC(O)C5)nc(OC[C@@]56CCCN5C[C@H](F)C6)nc4c3F)c12. The molecule has 0 bridgehead atoms. The molecule has 222 valence electrons. The van der Waals surface area contributed by atoms with E-state index >= 15 is 4.39 Å². The fraction of sp³-hybridized carbons (Fsp3) is 0.394. The second-order valence-electron chi connectivity index (χ2n) is 11.9. The van der Waals surface area contributed by atoms with Crippen LogP contribution in [0.1, 0.15) is 37.7 Å². The summed E-state index contributed by atoms with van der Waals surface area (Å²) in [6, 6.07) is 8.68. The van der Waals surface area contributed by atoms with Gasteiger partial charge in [-0.3, -0.25) is 4.90 Å². The van der Waals surface area contributed by atoms with Crippen molar-refractivity contribution >= 4 is 27.5 Å². The smallest absolute Gasteiger partial charge is 0.319 e. The summed E-state index contributed by atoms with van der Waals surface area (Å²) < 4.78 is 51.9. The Morgan fingerprint density at radius 2 is 1.93 bits per heavy atom. The van der Waals surface area contributed by atoms with Gasteiger partial charge in [-0.15, -0.1) is 6.42 Å². The number of fused-ring (bicyclic) bond motifs is 3. The predicted molar refractivity (Wildman–Crippen MR) is 158 cm³/mol. The van der Waals surface area contributed by atoms with Gasteiger partial charge in [0, 0.05) is 42.4 Å². The van der Waals surface area contributed by atoms with E-state index in [-0.39, 0.29) is 40.6 Å². The number of ether oxygens (including phenoxy) is 1. The quantitative estimate of drug-likeness (QED) is 0.305. The number of alkyl halides is 1. The molecular weight excluding hydrogens is 557 g/mol. The van der Waals surface area contributed by atoms with Crippen molar-refractivity contribution in [3.05, 3.63) is 53.6 Å². The Balaban J connectivity index is 1.38. The van der Waals surface area contributed by atoms with E-state index in [2.05, 4.69) is 20.8 Å². The first kappa shape index (κ1) is 27.7. The average Bonchev–Trinajstić information content (AvgIpc) is 3.51. The third kappa shape index (κ3) is 4.71. The van der Waals surface area contributed by atoms with Crippen LogP contribution >= 0.6 is 0 Å². The van der Waals surface area contributed by atoms with E-state index in [0.717, 1.165) is 25.8 Å². The Bertz CT molecular complexity index is 1790. The Kier molecular flexibility index (Phi) is 6.83. The van der Waals surface area contributed by atoms with Crippen LogP contribution < -0.4 is 9.64 Å². The minimum Gasteiger partial charge on any atom is -0.508 e. The highest BCUT2D eigenvalue weighted by molar-refractivity contribution is 6.04. The Labute approximate surface area is 246 Å². The molecule has 1 aromatic heterocycles. The van der Waals surface area contributed by atoms with E-state index in [9.17, 15) is 19.0 Å². The molecule has 7 nitrogen and oxygen atoms in total. The van der Waals surface area contributed by atoms with Crippen LogP contribution in [0.5, 0.6) is 11.8 Å². The lowest BCUT2D eigenvalue weighted by molar-refractivity contribution is 0.107. The van der Waals surface area contributed by atoms with Crippen LogP contribution in [0.3, 0.4) is 0 Å². The first-order valence-corrected chi connectivity index (χ1v) is 14.6. The predicted octanol–water partition coefficient (Wildman–Crippen LogP) is 5.33. The molecule has 0 spiro atoms. The lowest BCUT2D eigenvalue weighted by Crippen LogP contribution is -2.43. The Hall–Kier alpha value is -4.07. The van der Waals surface area contributed by atoms with Crippen molar-refractivity contribution in [1.82, 2.24) is 14.9 Å². The maximum atomic E-state index is 16.7. The van der Waals surface area contributed by atoms with Gasteiger partial charge >= 0.3 is 6.01 Å². The fourth-order valence-electron chi connectivity index (χ4n) is 7.21. The summed E-state index contributed by atoms with van der Waals surface area (Å²) in [4.78, 5) is 13.2. The summed E-state index contributed by atoms with van der Waals surface area (Å²) in [5.74, 6) is 1.32. The van der Waals surface area contributed by atoms with Crippen LogP contribution in [0, 0.1) is 24.0 Å². The third-order valence-electron chi connectivity index (χ3n) is 9.18. The van der Waals surface area contributed by atoms with E-state index < -0.39 is 29.4 Å². The Morgan fingerprint density at radius 1 is 1.07 bits per heavy atom. The molecule has 0 saturated carbocycles. The van der Waals surface area contributed by atoms with Gasteiger partial charge < -0.3 is 19.8 Å². The van der Waals surface area contributed by atoms with Crippen molar-refractivity contribution in [1.29, 1.82) is 0 Å². The van der Waals surface area contributed by atoms with Crippen LogP contribution in [0.15, 0.2) is 36.4 Å². The number of piperidine rings is 1. The van der Waals surface area contributed by atoms with Gasteiger partial charge in [-0.2, -0.15) is 9.97 Å². The van der Waals surface area contributed by atoms with Crippen LogP contribution in [0.25, 0.3) is 32.8 Å². The second kappa shape index (κ2) is 10.6. The van der Waals surface area contributed by atoms with Gasteiger partial charge in [-0.1, -0.05) is 18.1 Å². The first-order chi connectivity index (χ1) is 20.8. The standard InChI is InChI=1S/C33H31F3N4O3/c1-2-23-27(35)9-6-19-13-22(42)14-26(28(19)23)24-7-8-25-30(29(24)36)37-32(38-31(25)39-11-3-5-21(41)17-39)43-18-33-10-4-12-40(33)16-20(34)15-33/h1,6-9,13-14,20-21,41-42H,3-5,10-12,15-18H2/t20-,21?,33+/m1/s1. The number of phenolic OH excluding ortho intramolecular Hbond substituents is 1. The van der Waals surface area contributed by atoms with Crippen molar-refractivity contribution in [2.24, 2.45) is 0 Å². The maximum absolute atomic E-state index is 16.7. The topological polar surface area (TPSA) is 82.0 Å². The van der Waals surface area contributed by atoms with Crippen LogP contribution in [0.4, 0.5) is 19.0 Å². The molecule has 3 atom stereocenters. The lowest BCUT2D eigenvalue weighted by atomic mass is 9.93. The van der Waals surface area contributed by atoms with Gasteiger partial charge in [0.25, 0.3) is 0 Å². The number of aromatic nitrogens is 2. The number of hydrogen-bond acceptors (Lipinski definition) is 7.